The zero-order valence-corrected chi connectivity index (χ0v) is 18.7. The summed E-state index contributed by atoms with van der Waals surface area (Å²) >= 11 is 0. The van der Waals surface area contributed by atoms with Crippen molar-refractivity contribution < 1.29 is 31.5 Å². The summed E-state index contributed by atoms with van der Waals surface area (Å²) in [6.45, 7) is -0.490. The number of hydrogen-bond donors (Lipinski definition) is 1. The van der Waals surface area contributed by atoms with Gasteiger partial charge >= 0.3 is 0 Å². The normalized spacial score (nSPS) is 11.0. The molecule has 0 fully saturated rings. The lowest BCUT2D eigenvalue weighted by Gasteiger charge is -2.24. The first-order valence-electron chi connectivity index (χ1n) is 9.76. The number of carbonyl (C=O) groups excluding carboxylic acids is 1. The van der Waals surface area contributed by atoms with Crippen LogP contribution in [0, 0.1) is 11.6 Å². The number of nitrogens with zero attached hydrogens (tertiary/aromatic N) is 1. The third kappa shape index (κ3) is 5.78. The van der Waals surface area contributed by atoms with Gasteiger partial charge in [-0.25, -0.2) is 17.2 Å². The summed E-state index contributed by atoms with van der Waals surface area (Å²) in [6.07, 6.45) is 0. The highest BCUT2D eigenvalue weighted by molar-refractivity contribution is 7.92. The second-order valence-corrected chi connectivity index (χ2v) is 8.77. The molecule has 0 radical (unpaired) electrons. The van der Waals surface area contributed by atoms with Crippen LogP contribution < -0.4 is 19.1 Å². The van der Waals surface area contributed by atoms with E-state index >= 15 is 0 Å². The van der Waals surface area contributed by atoms with E-state index < -0.39 is 34.1 Å². The lowest BCUT2D eigenvalue weighted by atomic mass is 10.2. The number of amides is 1. The number of rotatable bonds is 9. The number of methoxy groups -OCH3 is 2. The Balaban J connectivity index is 1.90. The van der Waals surface area contributed by atoms with Crippen molar-refractivity contribution in [3.05, 3.63) is 83.9 Å². The maximum Gasteiger partial charge on any atom is 0.264 e. The lowest BCUT2D eigenvalue weighted by molar-refractivity contribution is -0.119. The molecule has 0 saturated heterocycles. The molecule has 3 aromatic rings. The Bertz CT molecular complexity index is 1220. The van der Waals surface area contributed by atoms with E-state index in [1.807, 2.05) is 0 Å². The predicted molar refractivity (Wildman–Crippen MR) is 119 cm³/mol. The maximum atomic E-state index is 13.4. The number of ether oxygens (including phenoxy) is 2. The molecule has 1 N–H and O–H groups in total. The van der Waals surface area contributed by atoms with Gasteiger partial charge in [-0.1, -0.05) is 12.1 Å². The fraction of sp³-hybridized carbons (Fsp3) is 0.174. The average Bonchev–Trinajstić information content (AvgIpc) is 2.82. The number of sulfonamides is 1. The SMILES string of the molecule is COc1ccc(S(=O)(=O)N(CC(=O)NCc2ccc(F)cc2)c2ccc(F)cc2)cc1OC. The Kier molecular flexibility index (Phi) is 7.49. The molecule has 0 bridgehead atoms. The first-order valence-corrected chi connectivity index (χ1v) is 11.2. The van der Waals surface area contributed by atoms with Crippen molar-refractivity contribution in [2.45, 2.75) is 11.4 Å². The average molecular weight is 477 g/mol. The molecule has 174 valence electrons. The number of nitrogens with one attached hydrogen (secondary N) is 1. The molecule has 0 spiro atoms. The van der Waals surface area contributed by atoms with Gasteiger partial charge in [-0.15, -0.1) is 0 Å². The maximum absolute atomic E-state index is 13.4. The molecule has 0 aliphatic heterocycles. The van der Waals surface area contributed by atoms with Crippen LogP contribution in [0.15, 0.2) is 71.6 Å². The number of anilines is 1. The van der Waals surface area contributed by atoms with Crippen molar-refractivity contribution in [1.82, 2.24) is 5.32 Å². The number of hydrogen-bond acceptors (Lipinski definition) is 5. The Morgan fingerprint density at radius 3 is 2.03 bits per heavy atom. The number of benzene rings is 3. The van der Waals surface area contributed by atoms with E-state index in [4.69, 9.17) is 9.47 Å². The van der Waals surface area contributed by atoms with Crippen LogP contribution in [0.5, 0.6) is 11.5 Å². The van der Waals surface area contributed by atoms with Crippen LogP contribution in [0.3, 0.4) is 0 Å². The molecule has 33 heavy (non-hydrogen) atoms. The largest absolute Gasteiger partial charge is 0.493 e. The monoisotopic (exact) mass is 476 g/mol. The molecular weight excluding hydrogens is 454 g/mol. The molecule has 0 heterocycles. The fourth-order valence-corrected chi connectivity index (χ4v) is 4.45. The molecule has 10 heteroatoms. The summed E-state index contributed by atoms with van der Waals surface area (Å²) in [5.74, 6) is -1.04. The van der Waals surface area contributed by atoms with Crippen molar-refractivity contribution in [2.75, 3.05) is 25.1 Å². The van der Waals surface area contributed by atoms with Gasteiger partial charge in [0.1, 0.15) is 18.2 Å². The van der Waals surface area contributed by atoms with E-state index in [9.17, 15) is 22.0 Å². The summed E-state index contributed by atoms with van der Waals surface area (Å²) in [5, 5.41) is 2.61. The van der Waals surface area contributed by atoms with Crippen LogP contribution in [0.1, 0.15) is 5.56 Å². The van der Waals surface area contributed by atoms with Crippen molar-refractivity contribution in [1.29, 1.82) is 0 Å². The van der Waals surface area contributed by atoms with Crippen molar-refractivity contribution in [3.8, 4) is 11.5 Å². The highest BCUT2D eigenvalue weighted by Crippen LogP contribution is 2.32. The highest BCUT2D eigenvalue weighted by Gasteiger charge is 2.28. The molecule has 1 amide bonds. The van der Waals surface area contributed by atoms with E-state index in [0.29, 0.717) is 11.3 Å². The second kappa shape index (κ2) is 10.3. The van der Waals surface area contributed by atoms with Crippen LogP contribution in [0.2, 0.25) is 0 Å². The molecule has 3 rings (SSSR count). The summed E-state index contributed by atoms with van der Waals surface area (Å²) in [6, 6.07) is 14.3. The summed E-state index contributed by atoms with van der Waals surface area (Å²) < 4.78 is 64.6. The Hall–Kier alpha value is -3.66. The molecular formula is C23H22F2N2O5S. The van der Waals surface area contributed by atoms with E-state index in [1.165, 1.54) is 68.8 Å². The van der Waals surface area contributed by atoms with Gasteiger partial charge < -0.3 is 14.8 Å². The van der Waals surface area contributed by atoms with Crippen molar-refractivity contribution >= 4 is 21.6 Å². The third-order valence-corrected chi connectivity index (χ3v) is 6.52. The lowest BCUT2D eigenvalue weighted by Crippen LogP contribution is -2.40. The Morgan fingerprint density at radius 1 is 0.879 bits per heavy atom. The van der Waals surface area contributed by atoms with Gasteiger partial charge in [-0.3, -0.25) is 9.10 Å². The van der Waals surface area contributed by atoms with Crippen LogP contribution in [0.4, 0.5) is 14.5 Å². The van der Waals surface area contributed by atoms with E-state index in [2.05, 4.69) is 5.32 Å². The van der Waals surface area contributed by atoms with E-state index in [0.717, 1.165) is 16.4 Å². The predicted octanol–water partition coefficient (Wildman–Crippen LogP) is 3.49. The highest BCUT2D eigenvalue weighted by atomic mass is 32.2. The molecule has 0 atom stereocenters. The van der Waals surface area contributed by atoms with Crippen molar-refractivity contribution in [2.24, 2.45) is 0 Å². The van der Waals surface area contributed by atoms with Gasteiger partial charge in [0.05, 0.1) is 24.8 Å². The molecule has 0 aliphatic rings. The van der Waals surface area contributed by atoms with Gasteiger partial charge in [0, 0.05) is 12.6 Å². The van der Waals surface area contributed by atoms with Crippen LogP contribution in [-0.4, -0.2) is 35.1 Å². The van der Waals surface area contributed by atoms with Crippen molar-refractivity contribution in [3.63, 3.8) is 0 Å². The Labute approximate surface area is 190 Å². The molecule has 0 aliphatic carbocycles. The topological polar surface area (TPSA) is 84.9 Å². The minimum Gasteiger partial charge on any atom is -0.493 e. The van der Waals surface area contributed by atoms with Gasteiger partial charge in [-0.05, 0) is 54.1 Å². The quantitative estimate of drug-likeness (QED) is 0.511. The van der Waals surface area contributed by atoms with Crippen LogP contribution >= 0.6 is 0 Å². The van der Waals surface area contributed by atoms with E-state index in [-0.39, 0.29) is 22.9 Å². The first-order chi connectivity index (χ1) is 15.7. The van der Waals surface area contributed by atoms with E-state index in [1.54, 1.807) is 0 Å². The summed E-state index contributed by atoms with van der Waals surface area (Å²) in [7, 11) is -1.45. The fourth-order valence-electron chi connectivity index (χ4n) is 3.02. The summed E-state index contributed by atoms with van der Waals surface area (Å²) in [4.78, 5) is 12.5. The van der Waals surface area contributed by atoms with Crippen LogP contribution in [-0.2, 0) is 21.4 Å². The third-order valence-electron chi connectivity index (χ3n) is 4.75. The number of carbonyl (C=O) groups is 1. The smallest absolute Gasteiger partial charge is 0.264 e. The van der Waals surface area contributed by atoms with Gasteiger partial charge in [0.2, 0.25) is 5.91 Å². The van der Waals surface area contributed by atoms with Crippen LogP contribution in [0.25, 0.3) is 0 Å². The Morgan fingerprint density at radius 2 is 1.45 bits per heavy atom. The standard InChI is InChI=1S/C23H22F2N2O5S/c1-31-21-12-11-20(13-22(21)32-2)33(29,30)27(19-9-7-18(25)8-10-19)15-23(28)26-14-16-3-5-17(24)6-4-16/h3-13H,14-15H2,1-2H3,(H,26,28). The first kappa shape index (κ1) is 24.0. The van der Waals surface area contributed by atoms with Gasteiger partial charge in [-0.2, -0.15) is 0 Å². The van der Waals surface area contributed by atoms with Gasteiger partial charge in [0.15, 0.2) is 11.5 Å². The molecule has 3 aromatic carbocycles. The zero-order valence-electron chi connectivity index (χ0n) is 17.9. The molecule has 0 aromatic heterocycles. The minimum absolute atomic E-state index is 0.0762. The summed E-state index contributed by atoms with van der Waals surface area (Å²) in [5.41, 5.74) is 0.740. The van der Waals surface area contributed by atoms with Gasteiger partial charge in [0.25, 0.3) is 10.0 Å². The minimum atomic E-state index is -4.24. The zero-order chi connectivity index (χ0) is 24.0. The molecule has 0 unspecified atom stereocenters. The molecule has 0 saturated carbocycles. The number of halogens is 2. The molecule has 7 nitrogen and oxygen atoms in total. The second-order valence-electron chi connectivity index (χ2n) is 6.91.